The molecular formula is C14H21N3O4. The van der Waals surface area contributed by atoms with Crippen molar-refractivity contribution in [2.45, 2.75) is 32.7 Å². The summed E-state index contributed by atoms with van der Waals surface area (Å²) < 4.78 is 5.02. The van der Waals surface area contributed by atoms with Crippen LogP contribution in [-0.4, -0.2) is 30.0 Å². The minimum Gasteiger partial charge on any atom is -0.496 e. The van der Waals surface area contributed by atoms with Crippen molar-refractivity contribution in [1.82, 2.24) is 5.32 Å². The molecule has 1 aromatic carbocycles. The van der Waals surface area contributed by atoms with E-state index in [2.05, 4.69) is 10.6 Å². The van der Waals surface area contributed by atoms with Crippen molar-refractivity contribution < 1.29 is 14.5 Å². The molecule has 0 atom stereocenters. The Balaban J connectivity index is 2.61. The first-order valence-electron chi connectivity index (χ1n) is 6.59. The van der Waals surface area contributed by atoms with Crippen LogP contribution < -0.4 is 15.4 Å². The van der Waals surface area contributed by atoms with Crippen LogP contribution in [0.5, 0.6) is 5.75 Å². The topological polar surface area (TPSA) is 93.5 Å². The van der Waals surface area contributed by atoms with Crippen molar-refractivity contribution in [3.8, 4) is 5.75 Å². The van der Waals surface area contributed by atoms with E-state index < -0.39 is 4.92 Å². The third kappa shape index (κ3) is 6.11. The maximum Gasteiger partial charge on any atom is 0.275 e. The lowest BCUT2D eigenvalue weighted by atomic mass is 10.1. The number of nitrogens with zero attached hydrogens (tertiary/aromatic N) is 1. The van der Waals surface area contributed by atoms with Gasteiger partial charge in [-0.2, -0.15) is 0 Å². The number of hydrogen-bond donors (Lipinski definition) is 2. The van der Waals surface area contributed by atoms with Crippen molar-refractivity contribution in [3.05, 3.63) is 28.3 Å². The Kier molecular flexibility index (Phi) is 5.52. The molecule has 0 aliphatic heterocycles. The van der Waals surface area contributed by atoms with Gasteiger partial charge in [0.15, 0.2) is 0 Å². The average molecular weight is 295 g/mol. The van der Waals surface area contributed by atoms with Gasteiger partial charge in [-0.3, -0.25) is 14.9 Å². The maximum absolute atomic E-state index is 11.7. The molecule has 0 aliphatic rings. The fourth-order valence-corrected chi connectivity index (χ4v) is 1.71. The van der Waals surface area contributed by atoms with Gasteiger partial charge < -0.3 is 15.4 Å². The third-order valence-corrected chi connectivity index (χ3v) is 2.53. The minimum atomic E-state index is -0.486. The number of nitro benzene ring substituents is 1. The number of non-ortho nitro benzene ring substituents is 1. The summed E-state index contributed by atoms with van der Waals surface area (Å²) >= 11 is 0. The van der Waals surface area contributed by atoms with Crippen LogP contribution in [0.2, 0.25) is 0 Å². The lowest BCUT2D eigenvalue weighted by molar-refractivity contribution is -0.384. The summed E-state index contributed by atoms with van der Waals surface area (Å²) in [7, 11) is 1.44. The molecule has 0 saturated carbocycles. The summed E-state index contributed by atoms with van der Waals surface area (Å²) in [6.45, 7) is 6.10. The van der Waals surface area contributed by atoms with Crippen molar-refractivity contribution in [1.29, 1.82) is 0 Å². The van der Waals surface area contributed by atoms with Crippen molar-refractivity contribution in [2.75, 3.05) is 19.0 Å². The van der Waals surface area contributed by atoms with Gasteiger partial charge in [-0.15, -0.1) is 0 Å². The Morgan fingerprint density at radius 1 is 1.33 bits per heavy atom. The molecule has 1 rings (SSSR count). The van der Waals surface area contributed by atoms with E-state index in [9.17, 15) is 14.9 Å². The number of benzene rings is 1. The zero-order chi connectivity index (χ0) is 16.0. The van der Waals surface area contributed by atoms with Crippen LogP contribution >= 0.6 is 0 Å². The van der Waals surface area contributed by atoms with E-state index in [1.807, 2.05) is 20.8 Å². The number of nitrogens with one attached hydrogen (secondary N) is 2. The van der Waals surface area contributed by atoms with Gasteiger partial charge in [-0.1, -0.05) is 0 Å². The molecule has 116 valence electrons. The zero-order valence-electron chi connectivity index (χ0n) is 12.7. The summed E-state index contributed by atoms with van der Waals surface area (Å²) in [4.78, 5) is 22.0. The predicted molar refractivity (Wildman–Crippen MR) is 80.7 cm³/mol. The number of rotatable bonds is 6. The second-order valence-corrected chi connectivity index (χ2v) is 5.65. The molecule has 0 heterocycles. The van der Waals surface area contributed by atoms with Crippen molar-refractivity contribution >= 4 is 17.3 Å². The van der Waals surface area contributed by atoms with Crippen LogP contribution in [0.3, 0.4) is 0 Å². The highest BCUT2D eigenvalue weighted by Crippen LogP contribution is 2.25. The van der Waals surface area contributed by atoms with Crippen molar-refractivity contribution in [2.24, 2.45) is 0 Å². The Morgan fingerprint density at radius 3 is 2.52 bits per heavy atom. The molecule has 0 radical (unpaired) electrons. The molecule has 7 nitrogen and oxygen atoms in total. The lowest BCUT2D eigenvalue weighted by Crippen LogP contribution is -2.41. The van der Waals surface area contributed by atoms with E-state index in [1.165, 1.54) is 19.2 Å². The highest BCUT2D eigenvalue weighted by Gasteiger charge is 2.14. The molecule has 1 aromatic rings. The van der Waals surface area contributed by atoms with Gasteiger partial charge in [-0.25, -0.2) is 0 Å². The first-order chi connectivity index (χ1) is 9.71. The van der Waals surface area contributed by atoms with E-state index in [1.54, 1.807) is 6.07 Å². The van der Waals surface area contributed by atoms with Gasteiger partial charge in [0, 0.05) is 36.3 Å². The molecule has 0 bridgehead atoms. The fraction of sp³-hybridized carbons (Fsp3) is 0.500. The van der Waals surface area contributed by atoms with Crippen LogP contribution in [0.1, 0.15) is 27.2 Å². The molecule has 0 unspecified atom stereocenters. The molecule has 1 amide bonds. The maximum atomic E-state index is 11.7. The van der Waals surface area contributed by atoms with Crippen LogP contribution in [0, 0.1) is 10.1 Å². The second-order valence-electron chi connectivity index (χ2n) is 5.65. The molecule has 0 fully saturated rings. The Hall–Kier alpha value is -2.31. The first-order valence-corrected chi connectivity index (χ1v) is 6.59. The quantitative estimate of drug-likeness (QED) is 0.620. The number of nitro groups is 1. The van der Waals surface area contributed by atoms with Gasteiger partial charge in [0.2, 0.25) is 5.91 Å². The van der Waals surface area contributed by atoms with Gasteiger partial charge in [0.1, 0.15) is 5.75 Å². The molecule has 0 spiro atoms. The Bertz CT molecular complexity index is 523. The SMILES string of the molecule is COc1cc(NCCC(=O)NC(C)(C)C)cc([N+](=O)[O-])c1. The first kappa shape index (κ1) is 16.7. The average Bonchev–Trinajstić information content (AvgIpc) is 2.36. The van der Waals surface area contributed by atoms with Gasteiger partial charge in [-0.05, 0) is 20.8 Å². The molecule has 0 saturated heterocycles. The smallest absolute Gasteiger partial charge is 0.275 e. The molecule has 2 N–H and O–H groups in total. The van der Waals surface area contributed by atoms with Crippen LogP contribution in [-0.2, 0) is 4.79 Å². The standard InChI is InChI=1S/C14H21N3O4/c1-14(2,3)16-13(18)5-6-15-10-7-11(17(19)20)9-12(8-10)21-4/h7-9,15H,5-6H2,1-4H3,(H,16,18). The number of carbonyl (C=O) groups excluding carboxylic acids is 1. The third-order valence-electron chi connectivity index (χ3n) is 2.53. The number of hydrogen-bond acceptors (Lipinski definition) is 5. The molecule has 0 aliphatic carbocycles. The minimum absolute atomic E-state index is 0.0593. The van der Waals surface area contributed by atoms with E-state index >= 15 is 0 Å². The fourth-order valence-electron chi connectivity index (χ4n) is 1.71. The van der Waals surface area contributed by atoms with Gasteiger partial charge in [0.25, 0.3) is 5.69 Å². The monoisotopic (exact) mass is 295 g/mol. The molecule has 0 aromatic heterocycles. The predicted octanol–water partition coefficient (Wildman–Crippen LogP) is 2.32. The lowest BCUT2D eigenvalue weighted by Gasteiger charge is -2.20. The van der Waals surface area contributed by atoms with Crippen LogP contribution in [0.4, 0.5) is 11.4 Å². The highest BCUT2D eigenvalue weighted by atomic mass is 16.6. The molecule has 21 heavy (non-hydrogen) atoms. The number of amides is 1. The summed E-state index contributed by atoms with van der Waals surface area (Å²) in [5, 5.41) is 16.6. The van der Waals surface area contributed by atoms with Crippen LogP contribution in [0.15, 0.2) is 18.2 Å². The van der Waals surface area contributed by atoms with E-state index in [0.717, 1.165) is 0 Å². The number of carbonyl (C=O) groups is 1. The van der Waals surface area contributed by atoms with Crippen LogP contribution in [0.25, 0.3) is 0 Å². The Morgan fingerprint density at radius 2 is 2.00 bits per heavy atom. The summed E-state index contributed by atoms with van der Waals surface area (Å²) in [6, 6.07) is 4.40. The van der Waals surface area contributed by atoms with Gasteiger partial charge in [0.05, 0.1) is 18.1 Å². The zero-order valence-corrected chi connectivity index (χ0v) is 12.7. The normalized spacial score (nSPS) is 10.9. The van der Waals surface area contributed by atoms with E-state index in [-0.39, 0.29) is 23.6 Å². The molecular weight excluding hydrogens is 274 g/mol. The number of methoxy groups -OCH3 is 1. The van der Waals surface area contributed by atoms with E-state index in [4.69, 9.17) is 4.74 Å². The van der Waals surface area contributed by atoms with Gasteiger partial charge >= 0.3 is 0 Å². The summed E-state index contributed by atoms with van der Waals surface area (Å²) in [6.07, 6.45) is 0.280. The number of anilines is 1. The largest absolute Gasteiger partial charge is 0.496 e. The molecule has 7 heteroatoms. The van der Waals surface area contributed by atoms with Crippen molar-refractivity contribution in [3.63, 3.8) is 0 Å². The highest BCUT2D eigenvalue weighted by molar-refractivity contribution is 5.77. The van der Waals surface area contributed by atoms with E-state index in [0.29, 0.717) is 18.0 Å². The summed E-state index contributed by atoms with van der Waals surface area (Å²) in [5.74, 6) is 0.318. The second kappa shape index (κ2) is 6.92. The number of ether oxygens (including phenoxy) is 1. The Labute approximate surface area is 123 Å². The summed E-state index contributed by atoms with van der Waals surface area (Å²) in [5.41, 5.74) is 0.215.